The van der Waals surface area contributed by atoms with Crippen LogP contribution in [-0.2, 0) is 35.1 Å². The highest BCUT2D eigenvalue weighted by atomic mass is 32.5. The minimum Gasteiger partial charge on any atom is -0.466 e. The largest absolute Gasteiger partial charge is 0.466 e. The van der Waals surface area contributed by atoms with Crippen molar-refractivity contribution in [2.75, 3.05) is 23.8 Å². The lowest BCUT2D eigenvalue weighted by atomic mass is 10.1. The molecule has 2 aliphatic rings. The van der Waals surface area contributed by atoms with Crippen LogP contribution in [-0.4, -0.2) is 104 Å². The monoisotopic (exact) mass is 804 g/mol. The number of nitrogens with one attached hydrogen (secondary N) is 3. The number of alkyl halides is 1. The molecule has 6 heterocycles. The number of anilines is 2. The van der Waals surface area contributed by atoms with E-state index in [1.54, 1.807) is 44.2 Å². The van der Waals surface area contributed by atoms with Crippen LogP contribution in [0.1, 0.15) is 36.7 Å². The smallest absolute Gasteiger partial charge is 0.325 e. The van der Waals surface area contributed by atoms with E-state index in [0.29, 0.717) is 5.56 Å². The molecule has 290 valence electrons. The first-order valence-corrected chi connectivity index (χ1v) is 19.0. The minimum atomic E-state index is -4.50. The van der Waals surface area contributed by atoms with Gasteiger partial charge in [0.15, 0.2) is 58.2 Å². The molecule has 4 aromatic heterocycles. The van der Waals surface area contributed by atoms with E-state index in [0.717, 1.165) is 17.2 Å². The Balaban J connectivity index is 1.06. The van der Waals surface area contributed by atoms with E-state index in [4.69, 9.17) is 30.3 Å². The Hall–Kier alpha value is -5.13. The molecule has 5 aromatic rings. The van der Waals surface area contributed by atoms with Crippen molar-refractivity contribution in [2.45, 2.75) is 50.8 Å². The maximum atomic E-state index is 15.6. The second-order valence-corrected chi connectivity index (χ2v) is 15.3. The summed E-state index contributed by atoms with van der Waals surface area (Å²) in [6.07, 6.45) is -7.00. The van der Waals surface area contributed by atoms with Crippen molar-refractivity contribution in [2.24, 2.45) is 5.92 Å². The number of ether oxygens (including phenoxy) is 2. The summed E-state index contributed by atoms with van der Waals surface area (Å²) in [6, 6.07) is 8.32. The fourth-order valence-electron chi connectivity index (χ4n) is 5.70. The number of aliphatic hydroxyl groups excluding tert-OH is 2. The van der Waals surface area contributed by atoms with Gasteiger partial charge in [0.2, 0.25) is 18.1 Å². The van der Waals surface area contributed by atoms with Gasteiger partial charge in [-0.05, 0) is 23.9 Å². The normalized spacial score (nSPS) is 23.7. The summed E-state index contributed by atoms with van der Waals surface area (Å²) < 4.78 is 55.6. The number of aromatic nitrogens is 8. The summed E-state index contributed by atoms with van der Waals surface area (Å²) in [4.78, 5) is 71.7. The van der Waals surface area contributed by atoms with E-state index in [2.05, 4.69) is 40.5 Å². The molecule has 2 amide bonds. The van der Waals surface area contributed by atoms with Crippen LogP contribution in [0.4, 0.5) is 20.5 Å². The number of carbonyl (C=O) groups is 2. The molecule has 1 saturated heterocycles. The number of H-pyrrole nitrogens is 1. The maximum Gasteiger partial charge on any atom is 0.325 e. The first kappa shape index (κ1) is 38.2. The van der Waals surface area contributed by atoms with Gasteiger partial charge < -0.3 is 34.4 Å². The van der Waals surface area contributed by atoms with Gasteiger partial charge in [0.25, 0.3) is 11.5 Å². The summed E-state index contributed by atoms with van der Waals surface area (Å²) in [6.45, 7) is -2.95. The van der Waals surface area contributed by atoms with E-state index in [1.807, 2.05) is 0 Å². The molecule has 6 N–H and O–H groups in total. The van der Waals surface area contributed by atoms with Crippen LogP contribution < -0.4 is 16.2 Å². The van der Waals surface area contributed by atoms with Gasteiger partial charge in [-0.15, -0.1) is 0 Å². The fourth-order valence-corrected chi connectivity index (χ4v) is 7.04. The lowest BCUT2D eigenvalue weighted by molar-refractivity contribution is -0.118. The third kappa shape index (κ3) is 7.47. The number of amides is 2. The number of nitrogens with zero attached hydrogens (tertiary/aromatic N) is 7. The average Bonchev–Trinajstić information content (AvgIpc) is 3.92. The zero-order chi connectivity index (χ0) is 39.2. The summed E-state index contributed by atoms with van der Waals surface area (Å²) >= 11 is 5.13. The van der Waals surface area contributed by atoms with Crippen molar-refractivity contribution >= 4 is 64.4 Å². The Morgan fingerprint density at radius 2 is 1.78 bits per heavy atom. The molecule has 0 bridgehead atoms. The number of fused-ring (bicyclic) bond motifs is 2. The van der Waals surface area contributed by atoms with E-state index < -0.39 is 91.7 Å². The quantitative estimate of drug-likeness (QED) is 0.0981. The van der Waals surface area contributed by atoms with Gasteiger partial charge >= 0.3 is 6.72 Å². The lowest BCUT2D eigenvalue weighted by Crippen LogP contribution is -2.31. The first-order valence-electron chi connectivity index (χ1n) is 16.4. The van der Waals surface area contributed by atoms with E-state index in [9.17, 15) is 29.5 Å². The summed E-state index contributed by atoms with van der Waals surface area (Å²) in [5, 5.41) is 25.6. The van der Waals surface area contributed by atoms with Crippen molar-refractivity contribution in [3.05, 3.63) is 76.8 Å². The molecule has 0 aliphatic carbocycles. The second-order valence-electron chi connectivity index (χ2n) is 12.5. The van der Waals surface area contributed by atoms with Crippen LogP contribution in [0.5, 0.6) is 0 Å². The molecule has 0 saturated carbocycles. The predicted molar refractivity (Wildman–Crippen MR) is 189 cm³/mol. The van der Waals surface area contributed by atoms with Crippen LogP contribution in [0.2, 0.25) is 0 Å². The van der Waals surface area contributed by atoms with Crippen molar-refractivity contribution < 1.29 is 52.0 Å². The molecule has 2 aliphatic heterocycles. The Bertz CT molecular complexity index is 2410. The van der Waals surface area contributed by atoms with Crippen molar-refractivity contribution in [3.63, 3.8) is 0 Å². The fraction of sp³-hybridized carbons (Fsp3) is 0.355. The van der Waals surface area contributed by atoms with E-state index >= 15 is 8.78 Å². The molecular weight excluding hydrogens is 773 g/mol. The third-order valence-corrected chi connectivity index (χ3v) is 10.0. The van der Waals surface area contributed by atoms with E-state index in [1.165, 1.54) is 10.9 Å². The number of benzene rings is 1. The molecular formula is C31H31F2N10O10PS. The molecule has 24 heteroatoms. The summed E-state index contributed by atoms with van der Waals surface area (Å²) in [5.41, 5.74) is -0.658. The van der Waals surface area contributed by atoms with Crippen LogP contribution >= 0.6 is 6.72 Å². The zero-order valence-electron chi connectivity index (χ0n) is 28.5. The number of aromatic amines is 1. The molecule has 20 nitrogen and oxygen atoms in total. The number of aliphatic hydroxyl groups is 2. The standard InChI is InChI=1S/C31H31F2N10O10PS/c1-13(2)26(46)40-31-39-25-20(28(48)41-31)37-12-43(25)30-22(17(32)15(8-44)51-30)53-54(49,55)50-9-16-21(45)18(33)29(52-16)42-11-36-19-23(34-10-35-24(19)42)38-27(47)14-6-4-3-5-7-14/h3-7,10-13,16,18,21-22,29-30,44-45H,8-9H2,1-2H3,(H,49,55)(H,34,35,38,47)(H2,39,40,41,46,48)/t16-,18+,21-,22+,29-,30-,54?/m1/s1. The van der Waals surface area contributed by atoms with Crippen LogP contribution in [0, 0.1) is 5.92 Å². The molecule has 7 rings (SSSR count). The van der Waals surface area contributed by atoms with Gasteiger partial charge in [0, 0.05) is 11.5 Å². The average molecular weight is 805 g/mol. The third-order valence-electron chi connectivity index (χ3n) is 8.50. The van der Waals surface area contributed by atoms with E-state index in [-0.39, 0.29) is 34.1 Å². The lowest BCUT2D eigenvalue weighted by Gasteiger charge is -2.25. The van der Waals surface area contributed by atoms with Crippen molar-refractivity contribution in [3.8, 4) is 0 Å². The van der Waals surface area contributed by atoms with Crippen LogP contribution in [0.3, 0.4) is 0 Å². The summed E-state index contributed by atoms with van der Waals surface area (Å²) in [5.74, 6) is -3.40. The van der Waals surface area contributed by atoms with Crippen molar-refractivity contribution in [1.82, 2.24) is 39.0 Å². The highest BCUT2D eigenvalue weighted by molar-refractivity contribution is 8.07. The van der Waals surface area contributed by atoms with Crippen molar-refractivity contribution in [1.29, 1.82) is 0 Å². The first-order chi connectivity index (χ1) is 26.3. The Morgan fingerprint density at radius 3 is 2.49 bits per heavy atom. The molecule has 1 fully saturated rings. The Labute approximate surface area is 312 Å². The van der Waals surface area contributed by atoms with Gasteiger partial charge in [-0.1, -0.05) is 32.0 Å². The molecule has 55 heavy (non-hydrogen) atoms. The molecule has 0 spiro atoms. The van der Waals surface area contributed by atoms with Gasteiger partial charge in [-0.3, -0.25) is 38.3 Å². The number of halogens is 2. The molecule has 0 radical (unpaired) electrons. The molecule has 7 atom stereocenters. The Kier molecular flexibility index (Phi) is 10.5. The number of rotatable bonds is 12. The van der Waals surface area contributed by atoms with Gasteiger partial charge in [-0.25, -0.2) is 28.7 Å². The second kappa shape index (κ2) is 15.2. The number of imidazole rings is 2. The Morgan fingerprint density at radius 1 is 1.07 bits per heavy atom. The molecule has 1 unspecified atom stereocenters. The van der Waals surface area contributed by atoms with Gasteiger partial charge in [-0.2, -0.15) is 4.98 Å². The molecule has 1 aromatic carbocycles. The number of hydrogen-bond donors (Lipinski definition) is 6. The minimum absolute atomic E-state index is 0.0361. The highest BCUT2D eigenvalue weighted by Crippen LogP contribution is 2.51. The topological polar surface area (TPSA) is 263 Å². The zero-order valence-corrected chi connectivity index (χ0v) is 30.2. The van der Waals surface area contributed by atoms with Crippen LogP contribution in [0.25, 0.3) is 22.3 Å². The maximum absolute atomic E-state index is 15.6. The number of carbonyl (C=O) groups excluding carboxylic acids is 2. The predicted octanol–water partition coefficient (Wildman–Crippen LogP) is 1.72. The summed E-state index contributed by atoms with van der Waals surface area (Å²) in [7, 11) is 0. The number of hydrogen-bond acceptors (Lipinski definition) is 15. The SMILES string of the molecule is CC(C)C(=O)Nc1nc2c(ncn2[C@@H]2OC(CO)=C(F)[C@@H]2OP(O)(=S)OC[C@H]2O[C@@H](n3cnc4c(NC(=O)c5ccccc5)ncnc43)[C@@H](F)[C@@H]2O)c(=O)[nH]1. The van der Waals surface area contributed by atoms with Crippen LogP contribution in [0.15, 0.2) is 65.7 Å². The highest BCUT2D eigenvalue weighted by Gasteiger charge is 2.48. The van der Waals surface area contributed by atoms with Gasteiger partial charge in [0.05, 0.1) is 12.9 Å². The van der Waals surface area contributed by atoms with Gasteiger partial charge in [0.1, 0.15) is 31.5 Å².